The van der Waals surface area contributed by atoms with Gasteiger partial charge >= 0.3 is 0 Å². The first-order valence-corrected chi connectivity index (χ1v) is 53.7. The number of alkyl halides is 1. The Morgan fingerprint density at radius 3 is 1.19 bits per heavy atom. The van der Waals surface area contributed by atoms with E-state index >= 15 is 0 Å². The molecule has 0 saturated carbocycles. The first kappa shape index (κ1) is 125. The number of aromatic nitrogens is 8. The van der Waals surface area contributed by atoms with E-state index in [2.05, 4.69) is 155 Å². The minimum atomic E-state index is -3.89. The van der Waals surface area contributed by atoms with Gasteiger partial charge in [0.1, 0.15) is 89.5 Å². The third kappa shape index (κ3) is 47.7. The van der Waals surface area contributed by atoms with E-state index in [-0.39, 0.29) is 140 Å². The summed E-state index contributed by atoms with van der Waals surface area (Å²) in [5.74, 6) is 13.4. The topological polar surface area (TPSA) is 539 Å². The van der Waals surface area contributed by atoms with Crippen molar-refractivity contribution < 1.29 is 86.2 Å². The molecule has 4 aromatic heterocycles. The quantitative estimate of drug-likeness (QED) is 0.00318. The average molecular weight is 2510 g/mol. The summed E-state index contributed by atoms with van der Waals surface area (Å²) in [4.78, 5) is 60.9. The summed E-state index contributed by atoms with van der Waals surface area (Å²) in [7, 11) is -11.2. The molecule has 760 valence electrons. The number of allylic oxidation sites excluding steroid dienone is 2. The van der Waals surface area contributed by atoms with Crippen LogP contribution in [0.3, 0.4) is 0 Å². The number of carbonyl (C=O) groups is 1. The highest BCUT2D eigenvalue weighted by Crippen LogP contribution is 2.31. The molecule has 8 aromatic carbocycles. The Bertz CT molecular complexity index is 7000. The number of hydrogen-bond donors (Lipinski definition) is 10. The molecule has 13 rings (SSSR count). The van der Waals surface area contributed by atoms with Gasteiger partial charge in [0.25, 0.3) is 17.3 Å². The van der Waals surface area contributed by atoms with E-state index in [1.165, 1.54) is 66.7 Å². The number of nitrogens with two attached hydrogens (primary N) is 4. The molecule has 2 unspecified atom stereocenters. The van der Waals surface area contributed by atoms with Crippen molar-refractivity contribution in [1.82, 2.24) is 39.9 Å². The number of halogens is 11. The Morgan fingerprint density at radius 1 is 0.510 bits per heavy atom. The number of ketones is 1. The minimum Gasteiger partial charge on any atom is -0.508 e. The van der Waals surface area contributed by atoms with Crippen LogP contribution in [0.15, 0.2) is 240 Å². The number of rotatable bonds is 28. The van der Waals surface area contributed by atoms with E-state index in [1.54, 1.807) is 161 Å². The summed E-state index contributed by atoms with van der Waals surface area (Å²) in [5, 5.41) is 53.2. The van der Waals surface area contributed by atoms with Gasteiger partial charge in [0.15, 0.2) is 49.9 Å². The van der Waals surface area contributed by atoms with Crippen molar-refractivity contribution in [2.45, 2.75) is 49.2 Å². The Morgan fingerprint density at radius 2 is 0.855 bits per heavy atom. The fourth-order valence-electron chi connectivity index (χ4n) is 10.3. The van der Waals surface area contributed by atoms with Crippen molar-refractivity contribution in [3.8, 4) is 109 Å². The number of non-ortho nitro benzene ring substituents is 2. The fraction of sp³-hybridized carbons (Fsp3) is 0.147. The number of anilines is 11. The molecule has 0 amide bonds. The number of nitrogens with one attached hydrogen (secondary N) is 5. The highest BCUT2D eigenvalue weighted by atomic mass is 128. The molecule has 12 aromatic rings. The fourth-order valence-corrected chi connectivity index (χ4v) is 14.3. The summed E-state index contributed by atoms with van der Waals surface area (Å²) in [6.45, 7) is 7.61. The van der Waals surface area contributed by atoms with Gasteiger partial charge in [-0.2, -0.15) is 19.3 Å². The summed E-state index contributed by atoms with van der Waals surface area (Å²) >= 11 is 23.3. The Labute approximate surface area is 897 Å². The number of sulfone groups is 1. The lowest BCUT2D eigenvalue weighted by Gasteiger charge is -2.19. The molecule has 0 aliphatic heterocycles. The number of phenols is 1. The highest BCUT2D eigenvalue weighted by molar-refractivity contribution is 15.0. The van der Waals surface area contributed by atoms with Gasteiger partial charge in [-0.05, 0) is 200 Å². The summed E-state index contributed by atoms with van der Waals surface area (Å²) < 4.78 is 151. The third-order valence-electron chi connectivity index (χ3n) is 17.0. The maximum Gasteiger partial charge on any atom is 0.269 e. The zero-order chi connectivity index (χ0) is 107. The molecule has 2 atom stereocenters. The van der Waals surface area contributed by atoms with Crippen LogP contribution in [0.25, 0.3) is 0 Å². The number of primary sulfonamides is 2. The maximum absolute atomic E-state index is 14.3. The number of nitrogen functional groups attached to an aromatic ring is 1. The van der Waals surface area contributed by atoms with Gasteiger partial charge in [-0.3, -0.25) is 25.0 Å². The Hall–Kier alpha value is -14.2. The molecule has 1 aliphatic rings. The maximum atomic E-state index is 14.3. The normalized spacial score (nSPS) is 11.4. The number of hydrogen-bond acceptors (Lipinski definition) is 32. The van der Waals surface area contributed by atoms with Crippen molar-refractivity contribution >= 4 is 222 Å². The van der Waals surface area contributed by atoms with Gasteiger partial charge in [-0.15, -0.1) is 62.5 Å². The number of nitrogens with zero attached hydrogens (tertiary/aromatic N) is 10. The second kappa shape index (κ2) is 65.9. The highest BCUT2D eigenvalue weighted by Gasteiger charge is 2.27. The number of sulfonamides is 2. The predicted molar refractivity (Wildman–Crippen MR) is 584 cm³/mol. The van der Waals surface area contributed by atoms with E-state index in [1.807, 2.05) is 0 Å². The molecule has 0 radical (unpaired) electrons. The van der Waals surface area contributed by atoms with Crippen molar-refractivity contribution in [2.75, 3.05) is 76.4 Å². The lowest BCUT2D eigenvalue weighted by Crippen LogP contribution is -2.33. The van der Waals surface area contributed by atoms with Gasteiger partial charge in [0.2, 0.25) is 37.2 Å². The van der Waals surface area contributed by atoms with Crippen molar-refractivity contribution in [2.24, 2.45) is 21.9 Å². The SMILES string of the molecule is C#CCBr.C#CCOc1ccc(N)cc1.C#CCOc1ccc(Nc2nc(Cl)ncc2F)cc1.C#CCOc1ccc(Nc2nc(Nc3ccc(C)c(S(=O)(=O)CC(=O)CC)c3)ncc2F)cc1.C#CCOc1ccc(Nc2nc(Nc3ccc(C)c(S(N)(=O)=O)c3)ncc2F)cc1.C#CCOc1ccc([N+](=O)[O-])cc1.CC1C=CC(N)=CC1S(N)(=O)=O.Fc1ncc(Cl)nc1Cl.I.II.O=[N+]([O-])c1ccc(O)cc1. The van der Waals surface area contributed by atoms with Gasteiger partial charge in [-0.25, -0.2) is 73.6 Å². The molecule has 14 N–H and O–H groups in total. The second-order valence-corrected chi connectivity index (χ2v) is 34.4. The zero-order valence-corrected chi connectivity index (χ0v) is 89.3. The number of carbonyl (C=O) groups excluding carboxylic acids is 1. The van der Waals surface area contributed by atoms with Gasteiger partial charge in [-0.1, -0.05) is 107 Å². The van der Waals surface area contributed by atoms with Crippen molar-refractivity contribution in [3.05, 3.63) is 301 Å². The number of benzene rings is 8. The number of aryl methyl sites for hydroxylation is 2. The van der Waals surface area contributed by atoms with E-state index < -0.39 is 74.1 Å². The van der Waals surface area contributed by atoms with E-state index in [0.717, 1.165) is 36.2 Å². The molecule has 4 heterocycles. The van der Waals surface area contributed by atoms with Crippen LogP contribution in [-0.2, 0) is 34.7 Å². The summed E-state index contributed by atoms with van der Waals surface area (Å²) in [6, 6.07) is 47.4. The average Bonchev–Trinajstić information content (AvgIpc) is 0.814. The predicted octanol–water partition coefficient (Wildman–Crippen LogP) is 19.5. The zero-order valence-electron chi connectivity index (χ0n) is 76.3. The van der Waals surface area contributed by atoms with Crippen LogP contribution < -0.4 is 72.0 Å². The van der Waals surface area contributed by atoms with Crippen LogP contribution in [0.1, 0.15) is 31.4 Å². The van der Waals surface area contributed by atoms with Gasteiger partial charge in [0, 0.05) is 108 Å². The monoisotopic (exact) mass is 2500 g/mol. The van der Waals surface area contributed by atoms with Crippen molar-refractivity contribution in [1.29, 1.82) is 0 Å². The van der Waals surface area contributed by atoms with Crippen LogP contribution in [0.4, 0.5) is 92.4 Å². The van der Waals surface area contributed by atoms with Gasteiger partial charge < -0.3 is 66.8 Å². The number of Topliss-reactive ketones (excluding diaryl/α,β-unsaturated/α-hetero) is 1. The van der Waals surface area contributed by atoms with Crippen molar-refractivity contribution in [3.63, 3.8) is 0 Å². The van der Waals surface area contributed by atoms with E-state index in [0.29, 0.717) is 80.2 Å². The lowest BCUT2D eigenvalue weighted by atomic mass is 10.0. The van der Waals surface area contributed by atoms with E-state index in [9.17, 15) is 67.8 Å². The number of aromatic hydroxyl groups is 1. The molecule has 1 aliphatic carbocycles. The number of phenolic OH excluding ortho intramolecular Hbond substituents is 1. The van der Waals surface area contributed by atoms with Crippen LogP contribution >= 0.6 is 112 Å². The standard InChI is InChI=1S/C24H23FN4O4S.C20H18FN5O3S.C13H9ClFN3O.C9H7NO3.C9H9NO.C7H12N2O2S.C6H5NO3.C4HCl2FN2.C3H3Br.I2.HI/c1-4-12-33-20-10-8-17(9-11-20)27-23-21(25)14-26-24(29-23)28-18-7-6-16(3)22(13-18)34(31,32)15-19(30)5-2;1-3-10-29-16-8-6-14(7-9-16)24-19-17(21)12-23-20(26-19)25-15-5-4-13(2)18(11-15)30(22,27)28;1-2-7-19-10-5-3-9(4-6-10)17-12-11(15)8-16-13(14)18-12;1-2-7-13-9-5-3-8(4-6-9)10(11)12;1-2-7-11-9-5-3-8(10)4-6-9;1-5-2-3-6(8)4-7(5)12(9,10)11;8-6-3-1-5(2-4-6)7(9)10;5-2-1-8-4(7)3(6)9-2;1-2-3-4;1-2;/h1,6-11,13-14H,5,12,15H2,2-3H3,(H2,26,27,28,29);1,4-9,11-12H,10H2,2H3,(H2,22,27,28)(H2,23,24,25,26);1,3-6,8H,7H2,(H,16,17,18);1,3-6H,7H2;1,3-6H,7,10H2;2-5,7H,8H2,1H3,(H2,9,10,11);1-4,8H;1H;1H,3H2;;1H. The van der Waals surface area contributed by atoms with Crippen LogP contribution in [-0.4, -0.2) is 135 Å². The van der Waals surface area contributed by atoms with Crippen LogP contribution in [0.5, 0.6) is 34.5 Å². The summed E-state index contributed by atoms with van der Waals surface area (Å²) in [5.41, 5.74) is 15.6. The molecule has 0 spiro atoms. The molecule has 0 fully saturated rings. The summed E-state index contributed by atoms with van der Waals surface area (Å²) in [6.07, 6.45) is 39.2. The molecular formula is C95H88BrCl3F4I3N19O17S3. The Balaban J connectivity index is 0.000000441. The number of ether oxygens (including phenoxy) is 5. The third-order valence-corrected chi connectivity index (χ3v) is 22.1. The first-order chi connectivity index (χ1) is 68.4. The minimum absolute atomic E-state index is 0. The molecule has 50 heteroatoms. The number of terminal acetylenes is 6. The van der Waals surface area contributed by atoms with Gasteiger partial charge in [0.05, 0.1) is 49.8 Å². The second-order valence-electron chi connectivity index (χ2n) is 27.6. The number of nitro benzene ring substituents is 2. The smallest absolute Gasteiger partial charge is 0.269 e. The number of nitro groups is 2. The van der Waals surface area contributed by atoms with E-state index in [4.69, 9.17) is 124 Å². The molecular weight excluding hydrogens is 2420 g/mol. The molecule has 36 nitrogen and oxygen atoms in total. The molecule has 145 heavy (non-hydrogen) atoms. The molecule has 0 saturated heterocycles. The lowest BCUT2D eigenvalue weighted by molar-refractivity contribution is -0.385. The van der Waals surface area contributed by atoms with Crippen LogP contribution in [0, 0.1) is 137 Å². The Kier molecular flexibility index (Phi) is 56.8. The molecule has 0 bridgehead atoms. The first-order valence-electron chi connectivity index (χ1n) is 40.3. The largest absolute Gasteiger partial charge is 0.508 e. The van der Waals surface area contributed by atoms with Crippen LogP contribution in [0.2, 0.25) is 15.6 Å².